The van der Waals surface area contributed by atoms with E-state index in [1.165, 1.54) is 13.0 Å². The highest BCUT2D eigenvalue weighted by Crippen LogP contribution is 2.16. The largest absolute Gasteiger partial charge is 0.451 e. The van der Waals surface area contributed by atoms with Crippen molar-refractivity contribution in [2.24, 2.45) is 0 Å². The normalized spacial score (nSPS) is 11.5. The molecular weight excluding hydrogens is 318 g/mol. The summed E-state index contributed by atoms with van der Waals surface area (Å²) in [5, 5.41) is 2.60. The van der Waals surface area contributed by atoms with Gasteiger partial charge in [0.25, 0.3) is 0 Å². The molecule has 0 aliphatic carbocycles. The van der Waals surface area contributed by atoms with Crippen LogP contribution in [-0.2, 0) is 9.53 Å². The van der Waals surface area contributed by atoms with E-state index in [1.54, 1.807) is 37.3 Å². The number of benzene rings is 2. The number of hydrogen-bond donors (Lipinski definition) is 1. The number of carbonyl (C=O) groups is 3. The van der Waals surface area contributed by atoms with Gasteiger partial charge < -0.3 is 10.1 Å². The minimum Gasteiger partial charge on any atom is -0.451 e. The maximum Gasteiger partial charge on any atom is 0.338 e. The molecule has 0 spiro atoms. The number of ketones is 1. The molecule has 1 amide bonds. The molecule has 2 rings (SSSR count). The molecule has 5 heteroatoms. The third kappa shape index (κ3) is 4.76. The number of anilines is 1. The molecule has 0 radical (unpaired) electrons. The van der Waals surface area contributed by atoms with Crippen LogP contribution in [0.3, 0.4) is 0 Å². The second kappa shape index (κ2) is 7.75. The second-order valence-electron chi connectivity index (χ2n) is 5.97. The fourth-order valence-electron chi connectivity index (χ4n) is 2.34. The summed E-state index contributed by atoms with van der Waals surface area (Å²) in [4.78, 5) is 35.8. The third-order valence-corrected chi connectivity index (χ3v) is 3.86. The Hall–Kier alpha value is -2.95. The summed E-state index contributed by atoms with van der Waals surface area (Å²) in [5.74, 6) is -1.10. The van der Waals surface area contributed by atoms with Gasteiger partial charge in [-0.3, -0.25) is 9.59 Å². The molecule has 0 aromatic heterocycles. The van der Waals surface area contributed by atoms with E-state index in [9.17, 15) is 14.4 Å². The van der Waals surface area contributed by atoms with Gasteiger partial charge in [-0.15, -0.1) is 0 Å². The molecule has 0 unspecified atom stereocenters. The van der Waals surface area contributed by atoms with Crippen molar-refractivity contribution in [3.05, 3.63) is 64.7 Å². The van der Waals surface area contributed by atoms with E-state index >= 15 is 0 Å². The van der Waals surface area contributed by atoms with E-state index in [2.05, 4.69) is 5.32 Å². The molecule has 25 heavy (non-hydrogen) atoms. The van der Waals surface area contributed by atoms with Crippen molar-refractivity contribution >= 4 is 23.3 Å². The lowest BCUT2D eigenvalue weighted by Gasteiger charge is -2.14. The van der Waals surface area contributed by atoms with E-state index in [-0.39, 0.29) is 17.3 Å². The standard InChI is InChI=1S/C20H21NO4/c1-12-8-9-16(10-13(12)2)19(23)14(3)25-20(24)17-6-5-7-18(11-17)21-15(4)22/h5-11,14H,1-4H3,(H,21,22)/t14-/m0/s1. The molecule has 0 heterocycles. The first-order valence-electron chi connectivity index (χ1n) is 7.98. The summed E-state index contributed by atoms with van der Waals surface area (Å²) in [5.41, 5.74) is 3.37. The third-order valence-electron chi connectivity index (χ3n) is 3.86. The predicted molar refractivity (Wildman–Crippen MR) is 95.9 cm³/mol. The van der Waals surface area contributed by atoms with Crippen molar-refractivity contribution in [2.75, 3.05) is 5.32 Å². The Kier molecular flexibility index (Phi) is 5.70. The molecule has 0 bridgehead atoms. The highest BCUT2D eigenvalue weighted by atomic mass is 16.5. The highest BCUT2D eigenvalue weighted by molar-refractivity contribution is 6.02. The van der Waals surface area contributed by atoms with Gasteiger partial charge in [0.2, 0.25) is 11.7 Å². The molecule has 0 aliphatic rings. The van der Waals surface area contributed by atoms with E-state index in [1.807, 2.05) is 19.9 Å². The Bertz CT molecular complexity index is 826. The summed E-state index contributed by atoms with van der Waals surface area (Å²) in [6, 6.07) is 11.8. The predicted octanol–water partition coefficient (Wildman–Crippen LogP) is 3.69. The summed E-state index contributed by atoms with van der Waals surface area (Å²) >= 11 is 0. The van der Waals surface area contributed by atoms with Crippen LogP contribution in [0.15, 0.2) is 42.5 Å². The second-order valence-corrected chi connectivity index (χ2v) is 5.97. The Morgan fingerprint density at radius 1 is 0.960 bits per heavy atom. The summed E-state index contributed by atoms with van der Waals surface area (Å²) < 4.78 is 5.28. The number of esters is 1. The molecular formula is C20H21NO4. The molecule has 1 atom stereocenters. The van der Waals surface area contributed by atoms with Crippen LogP contribution in [-0.4, -0.2) is 23.8 Å². The van der Waals surface area contributed by atoms with Crippen molar-refractivity contribution in [1.29, 1.82) is 0 Å². The van der Waals surface area contributed by atoms with Gasteiger partial charge in [-0.1, -0.05) is 18.2 Å². The summed E-state index contributed by atoms with van der Waals surface area (Å²) in [7, 11) is 0. The van der Waals surface area contributed by atoms with Crippen LogP contribution < -0.4 is 5.32 Å². The van der Waals surface area contributed by atoms with E-state index in [0.717, 1.165) is 11.1 Å². The van der Waals surface area contributed by atoms with Crippen molar-refractivity contribution in [3.8, 4) is 0 Å². The van der Waals surface area contributed by atoms with Crippen LogP contribution in [0.2, 0.25) is 0 Å². The maximum absolute atomic E-state index is 12.5. The van der Waals surface area contributed by atoms with Gasteiger partial charge >= 0.3 is 5.97 Å². The first kappa shape index (κ1) is 18.4. The lowest BCUT2D eigenvalue weighted by molar-refractivity contribution is -0.114. The lowest BCUT2D eigenvalue weighted by atomic mass is 10.0. The fourth-order valence-corrected chi connectivity index (χ4v) is 2.34. The zero-order valence-electron chi connectivity index (χ0n) is 14.8. The number of nitrogens with one attached hydrogen (secondary N) is 1. The van der Waals surface area contributed by atoms with E-state index in [0.29, 0.717) is 11.3 Å². The minimum atomic E-state index is -0.904. The average Bonchev–Trinajstić information content (AvgIpc) is 2.56. The van der Waals surface area contributed by atoms with Gasteiger partial charge in [0.1, 0.15) is 0 Å². The van der Waals surface area contributed by atoms with E-state index in [4.69, 9.17) is 4.74 Å². The average molecular weight is 339 g/mol. The van der Waals surface area contributed by atoms with Crippen LogP contribution in [0.5, 0.6) is 0 Å². The number of ether oxygens (including phenoxy) is 1. The van der Waals surface area contributed by atoms with Gasteiger partial charge in [0.05, 0.1) is 5.56 Å². The maximum atomic E-state index is 12.5. The Morgan fingerprint density at radius 3 is 2.32 bits per heavy atom. The number of rotatable bonds is 5. The van der Waals surface area contributed by atoms with Gasteiger partial charge in [0.15, 0.2) is 6.10 Å². The van der Waals surface area contributed by atoms with Gasteiger partial charge in [0, 0.05) is 18.2 Å². The Labute approximate surface area is 147 Å². The number of hydrogen-bond acceptors (Lipinski definition) is 4. The minimum absolute atomic E-state index is 0.233. The van der Waals surface area contributed by atoms with Crippen LogP contribution in [0.1, 0.15) is 45.7 Å². The Morgan fingerprint density at radius 2 is 1.68 bits per heavy atom. The first-order chi connectivity index (χ1) is 11.8. The number of aryl methyl sites for hydroxylation is 2. The summed E-state index contributed by atoms with van der Waals surface area (Å²) in [6.07, 6.45) is -0.904. The molecule has 0 aliphatic heterocycles. The van der Waals surface area contributed by atoms with Crippen LogP contribution in [0.25, 0.3) is 0 Å². The van der Waals surface area contributed by atoms with Crippen molar-refractivity contribution < 1.29 is 19.1 Å². The quantitative estimate of drug-likeness (QED) is 0.666. The van der Waals surface area contributed by atoms with Crippen molar-refractivity contribution in [1.82, 2.24) is 0 Å². The smallest absolute Gasteiger partial charge is 0.338 e. The molecule has 130 valence electrons. The monoisotopic (exact) mass is 339 g/mol. The topological polar surface area (TPSA) is 72.5 Å². The highest BCUT2D eigenvalue weighted by Gasteiger charge is 2.21. The van der Waals surface area contributed by atoms with Crippen molar-refractivity contribution in [3.63, 3.8) is 0 Å². The van der Waals surface area contributed by atoms with Gasteiger partial charge in [-0.2, -0.15) is 0 Å². The fraction of sp³-hybridized carbons (Fsp3) is 0.250. The van der Waals surface area contributed by atoms with Crippen LogP contribution in [0.4, 0.5) is 5.69 Å². The number of carbonyl (C=O) groups excluding carboxylic acids is 3. The van der Waals surface area contributed by atoms with Crippen LogP contribution >= 0.6 is 0 Å². The van der Waals surface area contributed by atoms with E-state index < -0.39 is 12.1 Å². The first-order valence-corrected chi connectivity index (χ1v) is 7.98. The SMILES string of the molecule is CC(=O)Nc1cccc(C(=O)O[C@@H](C)C(=O)c2ccc(C)c(C)c2)c1. The van der Waals surface area contributed by atoms with Gasteiger partial charge in [-0.25, -0.2) is 4.79 Å². The van der Waals surface area contributed by atoms with Gasteiger partial charge in [-0.05, 0) is 56.2 Å². The summed E-state index contributed by atoms with van der Waals surface area (Å²) in [6.45, 7) is 6.83. The van der Waals surface area contributed by atoms with Crippen molar-refractivity contribution in [2.45, 2.75) is 33.8 Å². The molecule has 5 nitrogen and oxygen atoms in total. The molecule has 2 aromatic rings. The Balaban J connectivity index is 2.10. The molecule has 0 saturated heterocycles. The number of amides is 1. The zero-order valence-corrected chi connectivity index (χ0v) is 14.8. The molecule has 1 N–H and O–H groups in total. The molecule has 0 fully saturated rings. The molecule has 2 aromatic carbocycles. The van der Waals surface area contributed by atoms with Crippen LogP contribution in [0, 0.1) is 13.8 Å². The zero-order chi connectivity index (χ0) is 18.6. The molecule has 0 saturated carbocycles. The number of Topliss-reactive ketones (excluding diaryl/α,β-unsaturated/α-hetero) is 1. The lowest BCUT2D eigenvalue weighted by Crippen LogP contribution is -2.24.